The highest BCUT2D eigenvalue weighted by Gasteiger charge is 2.20. The molecule has 0 aromatic carbocycles. The van der Waals surface area contributed by atoms with Crippen LogP contribution < -0.4 is 0 Å². The van der Waals surface area contributed by atoms with Gasteiger partial charge in [0.25, 0.3) is 5.91 Å². The molecule has 0 spiro atoms. The van der Waals surface area contributed by atoms with Gasteiger partial charge < -0.3 is 10.0 Å². The predicted molar refractivity (Wildman–Crippen MR) is 63.1 cm³/mol. The maximum absolute atomic E-state index is 11.9. The molecular weight excluding hydrogens is 240 g/mol. The lowest BCUT2D eigenvalue weighted by atomic mass is 10.2. The Labute approximate surface area is 103 Å². The molecule has 0 aliphatic heterocycles. The van der Waals surface area contributed by atoms with Crippen molar-refractivity contribution in [1.29, 1.82) is 5.26 Å². The van der Waals surface area contributed by atoms with E-state index in [1.165, 1.54) is 17.0 Å². The lowest BCUT2D eigenvalue weighted by molar-refractivity contribution is 0.0701. The number of carboxylic acids is 1. The molecule has 1 N–H and O–H groups in total. The van der Waals surface area contributed by atoms with Crippen LogP contribution >= 0.6 is 11.3 Å². The Morgan fingerprint density at radius 3 is 2.59 bits per heavy atom. The predicted octanol–water partition coefficient (Wildman–Crippen LogP) is 1.82. The minimum Gasteiger partial charge on any atom is -0.477 e. The molecule has 0 radical (unpaired) electrons. The molecule has 90 valence electrons. The summed E-state index contributed by atoms with van der Waals surface area (Å²) in [5.41, 5.74) is 0. The van der Waals surface area contributed by atoms with Gasteiger partial charge in [0.1, 0.15) is 4.88 Å². The maximum Gasteiger partial charge on any atom is 0.345 e. The van der Waals surface area contributed by atoms with Crippen LogP contribution in [0.2, 0.25) is 0 Å². The molecule has 1 aromatic rings. The van der Waals surface area contributed by atoms with Crippen LogP contribution in [-0.4, -0.2) is 35.0 Å². The fraction of sp³-hybridized carbons (Fsp3) is 0.364. The number of carbonyl (C=O) groups is 2. The van der Waals surface area contributed by atoms with E-state index in [0.717, 1.165) is 11.3 Å². The number of amides is 1. The molecule has 0 fully saturated rings. The van der Waals surface area contributed by atoms with Gasteiger partial charge in [0.05, 0.1) is 17.4 Å². The molecule has 6 heteroatoms. The van der Waals surface area contributed by atoms with Crippen LogP contribution in [0.25, 0.3) is 0 Å². The lowest BCUT2D eigenvalue weighted by Crippen LogP contribution is -2.34. The topological polar surface area (TPSA) is 81.4 Å². The fourth-order valence-corrected chi connectivity index (χ4v) is 2.04. The van der Waals surface area contributed by atoms with E-state index in [1.54, 1.807) is 14.0 Å². The Morgan fingerprint density at radius 1 is 1.53 bits per heavy atom. The highest BCUT2D eigenvalue weighted by atomic mass is 32.1. The van der Waals surface area contributed by atoms with Crippen molar-refractivity contribution in [3.05, 3.63) is 21.9 Å². The number of aromatic carboxylic acids is 1. The SMILES string of the molecule is CC(CC#N)N(C)C(=O)c1ccc(C(=O)O)s1. The first-order chi connectivity index (χ1) is 7.97. The summed E-state index contributed by atoms with van der Waals surface area (Å²) >= 11 is 0.939. The van der Waals surface area contributed by atoms with Crippen molar-refractivity contribution >= 4 is 23.2 Å². The normalized spacial score (nSPS) is 11.6. The molecule has 1 aromatic heterocycles. The Hall–Kier alpha value is -1.87. The van der Waals surface area contributed by atoms with Crippen LogP contribution in [0, 0.1) is 11.3 Å². The van der Waals surface area contributed by atoms with Gasteiger partial charge in [0.15, 0.2) is 0 Å². The molecule has 17 heavy (non-hydrogen) atoms. The second kappa shape index (κ2) is 5.46. The van der Waals surface area contributed by atoms with E-state index in [0.29, 0.717) is 4.88 Å². The third-order valence-electron chi connectivity index (χ3n) is 2.40. The summed E-state index contributed by atoms with van der Waals surface area (Å²) in [6, 6.07) is 4.70. The number of hydrogen-bond donors (Lipinski definition) is 1. The summed E-state index contributed by atoms with van der Waals surface area (Å²) in [5.74, 6) is -1.30. The van der Waals surface area contributed by atoms with Gasteiger partial charge in [-0.15, -0.1) is 11.3 Å². The molecule has 0 saturated heterocycles. The van der Waals surface area contributed by atoms with Crippen LogP contribution in [0.15, 0.2) is 12.1 Å². The van der Waals surface area contributed by atoms with Crippen molar-refractivity contribution in [2.45, 2.75) is 19.4 Å². The Morgan fingerprint density at radius 2 is 2.12 bits per heavy atom. The quantitative estimate of drug-likeness (QED) is 0.886. The van der Waals surface area contributed by atoms with Gasteiger partial charge in [-0.05, 0) is 19.1 Å². The molecule has 0 aliphatic carbocycles. The largest absolute Gasteiger partial charge is 0.477 e. The average Bonchev–Trinajstić information content (AvgIpc) is 2.76. The zero-order valence-corrected chi connectivity index (χ0v) is 10.3. The number of rotatable bonds is 4. The summed E-state index contributed by atoms with van der Waals surface area (Å²) in [6.07, 6.45) is 0.249. The zero-order chi connectivity index (χ0) is 13.0. The van der Waals surface area contributed by atoms with E-state index in [4.69, 9.17) is 10.4 Å². The summed E-state index contributed by atoms with van der Waals surface area (Å²) < 4.78 is 0. The number of carboxylic acid groups (broad SMARTS) is 1. The zero-order valence-electron chi connectivity index (χ0n) is 9.51. The van der Waals surface area contributed by atoms with E-state index in [1.807, 2.05) is 6.07 Å². The molecule has 1 rings (SSSR count). The Bertz CT molecular complexity index is 475. The second-order valence-corrected chi connectivity index (χ2v) is 4.68. The van der Waals surface area contributed by atoms with E-state index < -0.39 is 5.97 Å². The summed E-state index contributed by atoms with van der Waals surface area (Å²) in [7, 11) is 1.60. The Kier molecular flexibility index (Phi) is 4.24. The molecule has 1 atom stereocenters. The first-order valence-corrected chi connectivity index (χ1v) is 5.76. The average molecular weight is 252 g/mol. The molecule has 0 saturated carbocycles. The number of nitrogens with zero attached hydrogens (tertiary/aromatic N) is 2. The van der Waals surface area contributed by atoms with Crippen LogP contribution in [0.1, 0.15) is 32.7 Å². The Balaban J connectivity index is 2.82. The number of nitriles is 1. The van der Waals surface area contributed by atoms with Crippen molar-refractivity contribution in [3.63, 3.8) is 0 Å². The molecule has 0 bridgehead atoms. The number of carbonyl (C=O) groups excluding carboxylic acids is 1. The smallest absolute Gasteiger partial charge is 0.345 e. The van der Waals surface area contributed by atoms with E-state index in [-0.39, 0.29) is 23.2 Å². The second-order valence-electron chi connectivity index (χ2n) is 3.60. The van der Waals surface area contributed by atoms with E-state index in [2.05, 4.69) is 0 Å². The molecule has 1 heterocycles. The minimum atomic E-state index is -1.04. The van der Waals surface area contributed by atoms with Gasteiger partial charge in [0.2, 0.25) is 0 Å². The van der Waals surface area contributed by atoms with Crippen LogP contribution in [0.5, 0.6) is 0 Å². The van der Waals surface area contributed by atoms with Crippen LogP contribution in [-0.2, 0) is 0 Å². The third kappa shape index (κ3) is 3.04. The summed E-state index contributed by atoms with van der Waals surface area (Å²) in [6.45, 7) is 1.77. The lowest BCUT2D eigenvalue weighted by Gasteiger charge is -2.22. The fourth-order valence-electron chi connectivity index (χ4n) is 1.21. The van der Waals surface area contributed by atoms with Crippen LogP contribution in [0.3, 0.4) is 0 Å². The van der Waals surface area contributed by atoms with E-state index >= 15 is 0 Å². The summed E-state index contributed by atoms with van der Waals surface area (Å²) in [5, 5.41) is 17.3. The first kappa shape index (κ1) is 13.2. The van der Waals surface area contributed by atoms with Crippen molar-refractivity contribution in [3.8, 4) is 6.07 Å². The number of thiophene rings is 1. The molecule has 1 unspecified atom stereocenters. The van der Waals surface area contributed by atoms with Gasteiger partial charge in [-0.3, -0.25) is 4.79 Å². The highest BCUT2D eigenvalue weighted by molar-refractivity contribution is 7.15. The van der Waals surface area contributed by atoms with Gasteiger partial charge in [0, 0.05) is 13.1 Å². The third-order valence-corrected chi connectivity index (χ3v) is 3.46. The standard InChI is InChI=1S/C11H12N2O3S/c1-7(5-6-12)13(2)10(14)8-3-4-9(17-8)11(15)16/h3-4,7H,5H2,1-2H3,(H,15,16). The summed E-state index contributed by atoms with van der Waals surface area (Å²) in [4.78, 5) is 24.6. The van der Waals surface area contributed by atoms with Crippen LogP contribution in [0.4, 0.5) is 0 Å². The first-order valence-electron chi connectivity index (χ1n) is 4.94. The van der Waals surface area contributed by atoms with Gasteiger partial charge in [-0.2, -0.15) is 5.26 Å². The highest BCUT2D eigenvalue weighted by Crippen LogP contribution is 2.19. The molecule has 0 aliphatic rings. The van der Waals surface area contributed by atoms with E-state index in [9.17, 15) is 9.59 Å². The van der Waals surface area contributed by atoms with Crippen molar-refractivity contribution in [1.82, 2.24) is 4.90 Å². The maximum atomic E-state index is 11.9. The van der Waals surface area contributed by atoms with Crippen molar-refractivity contribution < 1.29 is 14.7 Å². The molecule has 5 nitrogen and oxygen atoms in total. The number of hydrogen-bond acceptors (Lipinski definition) is 4. The molecular formula is C11H12N2O3S. The van der Waals surface area contributed by atoms with Gasteiger partial charge >= 0.3 is 5.97 Å². The monoisotopic (exact) mass is 252 g/mol. The van der Waals surface area contributed by atoms with Crippen molar-refractivity contribution in [2.75, 3.05) is 7.05 Å². The molecule has 1 amide bonds. The van der Waals surface area contributed by atoms with Crippen molar-refractivity contribution in [2.24, 2.45) is 0 Å². The van der Waals surface area contributed by atoms with Gasteiger partial charge in [-0.25, -0.2) is 4.79 Å². The minimum absolute atomic E-state index is 0.134. The van der Waals surface area contributed by atoms with Gasteiger partial charge in [-0.1, -0.05) is 0 Å².